The topological polar surface area (TPSA) is 29.5 Å². The molecule has 18 heavy (non-hydrogen) atoms. The smallest absolute Gasteiger partial charge is 0.156 e. The summed E-state index contributed by atoms with van der Waals surface area (Å²) >= 11 is 12.1. The van der Waals surface area contributed by atoms with Crippen molar-refractivity contribution >= 4 is 23.2 Å². The summed E-state index contributed by atoms with van der Waals surface area (Å²) in [6, 6.07) is 13.0. The highest BCUT2D eigenvalue weighted by Crippen LogP contribution is 2.34. The number of aliphatic hydroxyl groups excluding tert-OH is 1. The first-order valence-corrected chi connectivity index (χ1v) is 6.22. The van der Waals surface area contributed by atoms with Gasteiger partial charge < -0.3 is 9.84 Å². The fraction of sp³-hybridized carbons (Fsp3) is 0.143. The van der Waals surface area contributed by atoms with Crippen LogP contribution in [0.5, 0.6) is 5.75 Å². The van der Waals surface area contributed by atoms with Crippen LogP contribution in [0.2, 0.25) is 10.0 Å². The first kappa shape index (κ1) is 13.2. The maximum atomic E-state index is 9.03. The lowest BCUT2D eigenvalue weighted by Crippen LogP contribution is -1.97. The molecule has 0 aliphatic carbocycles. The quantitative estimate of drug-likeness (QED) is 0.916. The molecule has 0 unspecified atom stereocenters. The van der Waals surface area contributed by atoms with Crippen molar-refractivity contribution in [2.24, 2.45) is 0 Å². The molecule has 0 radical (unpaired) electrons. The van der Waals surface area contributed by atoms with Gasteiger partial charge in [-0.15, -0.1) is 0 Å². The van der Waals surface area contributed by atoms with E-state index in [0.717, 1.165) is 5.56 Å². The van der Waals surface area contributed by atoms with Crippen molar-refractivity contribution < 1.29 is 9.84 Å². The zero-order valence-corrected chi connectivity index (χ0v) is 11.1. The Morgan fingerprint density at radius 2 is 1.56 bits per heavy atom. The zero-order valence-electron chi connectivity index (χ0n) is 9.57. The normalized spacial score (nSPS) is 10.4. The van der Waals surface area contributed by atoms with Crippen LogP contribution in [0.3, 0.4) is 0 Å². The van der Waals surface area contributed by atoms with Crippen molar-refractivity contribution in [3.63, 3.8) is 0 Å². The van der Waals surface area contributed by atoms with Crippen LogP contribution in [-0.4, -0.2) is 5.11 Å². The van der Waals surface area contributed by atoms with Gasteiger partial charge in [-0.1, -0.05) is 53.5 Å². The Kier molecular flexibility index (Phi) is 4.48. The van der Waals surface area contributed by atoms with Crippen LogP contribution in [0.25, 0.3) is 0 Å². The number of benzene rings is 2. The lowest BCUT2D eigenvalue weighted by molar-refractivity contribution is 0.281. The molecule has 2 aromatic carbocycles. The molecule has 2 aromatic rings. The first-order chi connectivity index (χ1) is 8.70. The lowest BCUT2D eigenvalue weighted by Gasteiger charge is -2.11. The van der Waals surface area contributed by atoms with Gasteiger partial charge >= 0.3 is 0 Å². The van der Waals surface area contributed by atoms with Gasteiger partial charge in [0, 0.05) is 0 Å². The van der Waals surface area contributed by atoms with Crippen molar-refractivity contribution in [3.8, 4) is 5.75 Å². The molecule has 0 saturated heterocycles. The van der Waals surface area contributed by atoms with Crippen LogP contribution in [0, 0.1) is 0 Å². The molecule has 0 atom stereocenters. The van der Waals surface area contributed by atoms with Crippen LogP contribution in [-0.2, 0) is 13.2 Å². The van der Waals surface area contributed by atoms with Crippen LogP contribution >= 0.6 is 23.2 Å². The van der Waals surface area contributed by atoms with Crippen LogP contribution in [0.15, 0.2) is 42.5 Å². The number of hydrogen-bond donors (Lipinski definition) is 1. The predicted molar refractivity (Wildman–Crippen MR) is 73.2 cm³/mol. The summed E-state index contributed by atoms with van der Waals surface area (Å²) in [5.41, 5.74) is 1.70. The summed E-state index contributed by atoms with van der Waals surface area (Å²) in [4.78, 5) is 0. The van der Waals surface area contributed by atoms with Crippen LogP contribution < -0.4 is 4.74 Å². The van der Waals surface area contributed by atoms with Crippen LogP contribution in [0.4, 0.5) is 0 Å². The third-order valence-electron chi connectivity index (χ3n) is 2.47. The molecular weight excluding hydrogens is 271 g/mol. The van der Waals surface area contributed by atoms with E-state index in [0.29, 0.717) is 28.0 Å². The van der Waals surface area contributed by atoms with Gasteiger partial charge in [0.2, 0.25) is 0 Å². The number of aliphatic hydroxyl groups is 1. The van der Waals surface area contributed by atoms with Gasteiger partial charge in [-0.2, -0.15) is 0 Å². The molecule has 0 amide bonds. The molecule has 2 nitrogen and oxygen atoms in total. The highest BCUT2D eigenvalue weighted by molar-refractivity contribution is 6.37. The van der Waals surface area contributed by atoms with E-state index in [2.05, 4.69) is 0 Å². The second-order valence-corrected chi connectivity index (χ2v) is 4.64. The van der Waals surface area contributed by atoms with E-state index in [1.165, 1.54) is 0 Å². The summed E-state index contributed by atoms with van der Waals surface area (Å²) in [6.07, 6.45) is 0. The Morgan fingerprint density at radius 1 is 0.944 bits per heavy atom. The Bertz CT molecular complexity index is 504. The fourth-order valence-electron chi connectivity index (χ4n) is 1.57. The SMILES string of the molecule is OCc1cc(Cl)c(OCc2ccccc2)c(Cl)c1. The molecule has 0 spiro atoms. The molecular formula is C14H12Cl2O2. The molecule has 0 heterocycles. The van der Waals surface area contributed by atoms with Gasteiger partial charge in [0.25, 0.3) is 0 Å². The van der Waals surface area contributed by atoms with E-state index in [9.17, 15) is 0 Å². The molecule has 0 bridgehead atoms. The average molecular weight is 283 g/mol. The molecule has 1 N–H and O–H groups in total. The summed E-state index contributed by atoms with van der Waals surface area (Å²) in [5.74, 6) is 0.444. The van der Waals surface area contributed by atoms with E-state index in [1.807, 2.05) is 30.3 Å². The van der Waals surface area contributed by atoms with Crippen molar-refractivity contribution in [1.29, 1.82) is 0 Å². The minimum Gasteiger partial charge on any atom is -0.486 e. The highest BCUT2D eigenvalue weighted by Gasteiger charge is 2.09. The zero-order chi connectivity index (χ0) is 13.0. The van der Waals surface area contributed by atoms with Crippen molar-refractivity contribution in [1.82, 2.24) is 0 Å². The fourth-order valence-corrected chi connectivity index (χ4v) is 2.21. The minimum atomic E-state index is -0.0988. The second-order valence-electron chi connectivity index (χ2n) is 3.82. The van der Waals surface area contributed by atoms with Crippen molar-refractivity contribution in [2.75, 3.05) is 0 Å². The van der Waals surface area contributed by atoms with E-state index < -0.39 is 0 Å². The molecule has 0 aromatic heterocycles. The first-order valence-electron chi connectivity index (χ1n) is 5.46. The Balaban J connectivity index is 2.15. The van der Waals surface area contributed by atoms with E-state index in [1.54, 1.807) is 12.1 Å². The van der Waals surface area contributed by atoms with Crippen LogP contribution in [0.1, 0.15) is 11.1 Å². The molecule has 0 saturated carbocycles. The molecule has 4 heteroatoms. The predicted octanol–water partition coefficient (Wildman–Crippen LogP) is 4.06. The van der Waals surface area contributed by atoms with Gasteiger partial charge in [-0.25, -0.2) is 0 Å². The highest BCUT2D eigenvalue weighted by atomic mass is 35.5. The summed E-state index contributed by atoms with van der Waals surface area (Å²) in [5, 5.41) is 9.84. The Labute approximate surface area is 116 Å². The maximum Gasteiger partial charge on any atom is 0.156 e. The van der Waals surface area contributed by atoms with Gasteiger partial charge in [0.15, 0.2) is 5.75 Å². The Morgan fingerprint density at radius 3 is 2.11 bits per heavy atom. The molecule has 2 rings (SSSR count). The number of rotatable bonds is 4. The number of ether oxygens (including phenoxy) is 1. The molecule has 94 valence electrons. The van der Waals surface area contributed by atoms with Gasteiger partial charge in [0.05, 0.1) is 16.7 Å². The molecule has 0 aliphatic heterocycles. The summed E-state index contributed by atoms with van der Waals surface area (Å²) in [7, 11) is 0. The minimum absolute atomic E-state index is 0.0988. The summed E-state index contributed by atoms with van der Waals surface area (Å²) in [6.45, 7) is 0.303. The monoisotopic (exact) mass is 282 g/mol. The average Bonchev–Trinajstić information content (AvgIpc) is 2.38. The van der Waals surface area contributed by atoms with Crippen molar-refractivity contribution in [2.45, 2.75) is 13.2 Å². The molecule has 0 fully saturated rings. The number of hydrogen-bond acceptors (Lipinski definition) is 2. The lowest BCUT2D eigenvalue weighted by atomic mass is 10.2. The second kappa shape index (κ2) is 6.10. The van der Waals surface area contributed by atoms with Gasteiger partial charge in [-0.3, -0.25) is 0 Å². The van der Waals surface area contributed by atoms with E-state index in [4.69, 9.17) is 33.0 Å². The van der Waals surface area contributed by atoms with Gasteiger partial charge in [0.1, 0.15) is 6.61 Å². The Hall–Kier alpha value is -1.22. The summed E-state index contributed by atoms with van der Waals surface area (Å²) < 4.78 is 5.61. The molecule has 0 aliphatic rings. The van der Waals surface area contributed by atoms with E-state index in [-0.39, 0.29) is 6.61 Å². The largest absolute Gasteiger partial charge is 0.486 e. The van der Waals surface area contributed by atoms with E-state index >= 15 is 0 Å². The number of halogens is 2. The standard InChI is InChI=1S/C14H12Cl2O2/c15-12-6-11(8-17)7-13(16)14(12)18-9-10-4-2-1-3-5-10/h1-7,17H,8-9H2. The maximum absolute atomic E-state index is 9.03. The third kappa shape index (κ3) is 3.16. The van der Waals surface area contributed by atoms with Gasteiger partial charge in [-0.05, 0) is 23.3 Å². The van der Waals surface area contributed by atoms with Crippen molar-refractivity contribution in [3.05, 3.63) is 63.6 Å². The third-order valence-corrected chi connectivity index (χ3v) is 3.03.